The van der Waals surface area contributed by atoms with Crippen LogP contribution in [0.1, 0.15) is 17.2 Å². The van der Waals surface area contributed by atoms with Gasteiger partial charge in [0.05, 0.1) is 10.6 Å². The van der Waals surface area contributed by atoms with Crippen molar-refractivity contribution in [1.29, 1.82) is 0 Å². The molecule has 0 saturated heterocycles. The van der Waals surface area contributed by atoms with E-state index in [0.29, 0.717) is 41.3 Å². The lowest BCUT2D eigenvalue weighted by molar-refractivity contribution is 0.170. The maximum Gasteiger partial charge on any atom is 0.264 e. The van der Waals surface area contributed by atoms with E-state index < -0.39 is 16.1 Å². The van der Waals surface area contributed by atoms with Gasteiger partial charge in [0.1, 0.15) is 19.3 Å². The molecule has 2 aromatic rings. The van der Waals surface area contributed by atoms with Crippen LogP contribution in [-0.2, 0) is 10.0 Å². The van der Waals surface area contributed by atoms with Gasteiger partial charge in [-0.2, -0.15) is 0 Å². The Morgan fingerprint density at radius 3 is 2.54 bits per heavy atom. The molecule has 0 bridgehead atoms. The van der Waals surface area contributed by atoms with Crippen LogP contribution < -0.4 is 13.8 Å². The minimum Gasteiger partial charge on any atom is -0.486 e. The van der Waals surface area contributed by atoms with Gasteiger partial charge < -0.3 is 14.6 Å². The molecule has 26 heavy (non-hydrogen) atoms. The van der Waals surface area contributed by atoms with Crippen molar-refractivity contribution < 1.29 is 23.0 Å². The number of nitrogens with zero attached hydrogens (tertiary/aromatic N) is 1. The first-order valence-corrected chi connectivity index (χ1v) is 10.9. The number of halogens is 2. The Kier molecular flexibility index (Phi) is 4.54. The summed E-state index contributed by atoms with van der Waals surface area (Å²) < 4.78 is 39.1. The summed E-state index contributed by atoms with van der Waals surface area (Å²) in [6.07, 6.45) is -1.14. The third kappa shape index (κ3) is 2.76. The molecule has 2 aliphatic heterocycles. The van der Waals surface area contributed by atoms with Crippen molar-refractivity contribution in [3.05, 3.63) is 46.5 Å². The van der Waals surface area contributed by atoms with Gasteiger partial charge in [-0.3, -0.25) is 4.31 Å². The molecule has 2 aliphatic rings. The van der Waals surface area contributed by atoms with Crippen molar-refractivity contribution in [2.45, 2.75) is 11.0 Å². The van der Waals surface area contributed by atoms with Crippen molar-refractivity contribution in [2.75, 3.05) is 29.4 Å². The van der Waals surface area contributed by atoms with E-state index in [0.717, 1.165) is 0 Å². The molecule has 0 aromatic heterocycles. The second-order valence-electron chi connectivity index (χ2n) is 5.91. The topological polar surface area (TPSA) is 76.1 Å². The highest BCUT2D eigenvalue weighted by atomic mass is 79.9. The molecule has 1 atom stereocenters. The van der Waals surface area contributed by atoms with E-state index in [2.05, 4.69) is 15.9 Å². The summed E-state index contributed by atoms with van der Waals surface area (Å²) in [5.41, 5.74) is 1.10. The molecule has 0 spiro atoms. The second kappa shape index (κ2) is 6.60. The van der Waals surface area contributed by atoms with Gasteiger partial charge in [-0.15, -0.1) is 0 Å². The van der Waals surface area contributed by atoms with E-state index in [1.807, 2.05) is 0 Å². The fourth-order valence-electron chi connectivity index (χ4n) is 3.22. The fourth-order valence-corrected chi connectivity index (χ4v) is 5.79. The minimum atomic E-state index is -3.91. The van der Waals surface area contributed by atoms with E-state index >= 15 is 0 Å². The fraction of sp³-hybridized carbons (Fsp3) is 0.294. The first-order valence-electron chi connectivity index (χ1n) is 7.93. The molecule has 138 valence electrons. The van der Waals surface area contributed by atoms with Crippen LogP contribution >= 0.6 is 27.5 Å². The number of ether oxygens (including phenoxy) is 2. The predicted molar refractivity (Wildman–Crippen MR) is 101 cm³/mol. The van der Waals surface area contributed by atoms with Gasteiger partial charge in [-0.05, 0) is 18.2 Å². The predicted octanol–water partition coefficient (Wildman–Crippen LogP) is 3.10. The van der Waals surface area contributed by atoms with E-state index in [1.54, 1.807) is 18.2 Å². The first kappa shape index (κ1) is 17.9. The number of fused-ring (bicyclic) bond motifs is 3. The summed E-state index contributed by atoms with van der Waals surface area (Å²) in [6.45, 7) is 0.973. The van der Waals surface area contributed by atoms with E-state index in [9.17, 15) is 13.5 Å². The SMILES string of the molecule is O=S1(=O)c2cc(Cl)ccc2C(O)c2cc3c(cc2N1CCBr)OCCO3. The normalized spacial score (nSPS) is 20.1. The maximum atomic E-state index is 13.3. The molecule has 1 unspecified atom stereocenters. The number of alkyl halides is 1. The van der Waals surface area contributed by atoms with Crippen LogP contribution in [0.3, 0.4) is 0 Å². The molecule has 6 nitrogen and oxygen atoms in total. The molecular weight excluding hydrogens is 446 g/mol. The number of aliphatic hydroxyl groups excluding tert-OH is 1. The van der Waals surface area contributed by atoms with Gasteiger partial charge in [0.2, 0.25) is 0 Å². The van der Waals surface area contributed by atoms with Crippen LogP contribution in [0.25, 0.3) is 0 Å². The number of rotatable bonds is 2. The van der Waals surface area contributed by atoms with Gasteiger partial charge in [0, 0.05) is 34.1 Å². The van der Waals surface area contributed by atoms with Crippen LogP contribution in [0.4, 0.5) is 5.69 Å². The summed E-state index contributed by atoms with van der Waals surface area (Å²) in [6, 6.07) is 7.74. The second-order valence-corrected chi connectivity index (χ2v) is 8.97. The van der Waals surface area contributed by atoms with Crippen molar-refractivity contribution in [3.8, 4) is 11.5 Å². The summed E-state index contributed by atoms with van der Waals surface area (Å²) in [7, 11) is -3.91. The number of benzene rings is 2. The Bertz CT molecular complexity index is 981. The number of hydrogen-bond acceptors (Lipinski definition) is 5. The van der Waals surface area contributed by atoms with Crippen molar-refractivity contribution in [1.82, 2.24) is 0 Å². The van der Waals surface area contributed by atoms with Gasteiger partial charge in [-0.25, -0.2) is 8.42 Å². The number of sulfonamides is 1. The first-order chi connectivity index (χ1) is 12.4. The molecule has 0 saturated carbocycles. The Hall–Kier alpha value is -1.48. The van der Waals surface area contributed by atoms with Gasteiger partial charge in [0.25, 0.3) is 10.0 Å². The molecule has 9 heteroatoms. The van der Waals surface area contributed by atoms with Crippen molar-refractivity contribution >= 4 is 43.2 Å². The van der Waals surface area contributed by atoms with Crippen molar-refractivity contribution in [2.24, 2.45) is 0 Å². The average Bonchev–Trinajstić information content (AvgIpc) is 2.69. The highest BCUT2D eigenvalue weighted by Gasteiger charge is 2.37. The lowest BCUT2D eigenvalue weighted by atomic mass is 9.99. The molecule has 2 aromatic carbocycles. The highest BCUT2D eigenvalue weighted by molar-refractivity contribution is 9.09. The highest BCUT2D eigenvalue weighted by Crippen LogP contribution is 2.46. The van der Waals surface area contributed by atoms with Crippen molar-refractivity contribution in [3.63, 3.8) is 0 Å². The zero-order chi connectivity index (χ0) is 18.5. The molecule has 0 fully saturated rings. The van der Waals surface area contributed by atoms with E-state index in [-0.39, 0.29) is 22.0 Å². The average molecular weight is 461 g/mol. The standard InChI is InChI=1S/C17H15BrClNO5S/c18-3-4-20-13-9-15-14(24-5-6-25-15)8-12(13)17(21)11-2-1-10(19)7-16(11)26(20,22)23/h1-2,7-9,17,21H,3-6H2. The molecule has 1 N–H and O–H groups in total. The summed E-state index contributed by atoms with van der Waals surface area (Å²) in [5, 5.41) is 11.7. The minimum absolute atomic E-state index is 0.00513. The third-order valence-electron chi connectivity index (χ3n) is 4.38. The molecule has 0 radical (unpaired) electrons. The van der Waals surface area contributed by atoms with E-state index in [1.165, 1.54) is 16.4 Å². The molecule has 0 aliphatic carbocycles. The lowest BCUT2D eigenvalue weighted by Crippen LogP contribution is -2.33. The Labute approximate surface area is 164 Å². The summed E-state index contributed by atoms with van der Waals surface area (Å²) in [4.78, 5) is -0.00513. The molecule has 0 amide bonds. The maximum absolute atomic E-state index is 13.3. The zero-order valence-electron chi connectivity index (χ0n) is 13.5. The number of hydrogen-bond donors (Lipinski definition) is 1. The lowest BCUT2D eigenvalue weighted by Gasteiger charge is -2.27. The van der Waals surface area contributed by atoms with Crippen LogP contribution in [-0.4, -0.2) is 38.6 Å². The Morgan fingerprint density at radius 2 is 1.85 bits per heavy atom. The summed E-state index contributed by atoms with van der Waals surface area (Å²) in [5.74, 6) is 0.948. The Balaban J connectivity index is 2.03. The third-order valence-corrected chi connectivity index (χ3v) is 6.84. The largest absolute Gasteiger partial charge is 0.486 e. The van der Waals surface area contributed by atoms with Crippen LogP contribution in [0.2, 0.25) is 5.02 Å². The Morgan fingerprint density at radius 1 is 1.15 bits per heavy atom. The van der Waals surface area contributed by atoms with Crippen LogP contribution in [0.5, 0.6) is 11.5 Å². The van der Waals surface area contributed by atoms with Gasteiger partial charge >= 0.3 is 0 Å². The van der Waals surface area contributed by atoms with Gasteiger partial charge in [-0.1, -0.05) is 33.6 Å². The number of anilines is 1. The van der Waals surface area contributed by atoms with E-state index in [4.69, 9.17) is 21.1 Å². The molecule has 4 rings (SSSR count). The smallest absolute Gasteiger partial charge is 0.264 e. The molecular formula is C17H15BrClNO5S. The summed E-state index contributed by atoms with van der Waals surface area (Å²) >= 11 is 9.34. The number of aliphatic hydroxyl groups is 1. The molecule has 2 heterocycles. The monoisotopic (exact) mass is 459 g/mol. The zero-order valence-corrected chi connectivity index (χ0v) is 16.6. The van der Waals surface area contributed by atoms with Crippen LogP contribution in [0, 0.1) is 0 Å². The van der Waals surface area contributed by atoms with Gasteiger partial charge in [0.15, 0.2) is 11.5 Å². The van der Waals surface area contributed by atoms with Crippen LogP contribution in [0.15, 0.2) is 35.2 Å². The quantitative estimate of drug-likeness (QED) is 0.697.